The first kappa shape index (κ1) is 24.9. The first-order valence-electron chi connectivity index (χ1n) is 12.8. The van der Waals surface area contributed by atoms with Crippen LogP contribution in [0.4, 0.5) is 0 Å². The number of Topliss-reactive ketones (excluding diaryl/α,β-unsaturated/α-hetero) is 1. The van der Waals surface area contributed by atoms with Gasteiger partial charge in [-0.05, 0) is 42.3 Å². The average Bonchev–Trinajstić information content (AvgIpc) is 3.24. The van der Waals surface area contributed by atoms with Crippen molar-refractivity contribution in [3.8, 4) is 17.2 Å². The third-order valence-electron chi connectivity index (χ3n) is 7.31. The molecule has 196 valence electrons. The first-order valence-corrected chi connectivity index (χ1v) is 13.2. The molecule has 0 unspecified atom stereocenters. The monoisotopic (exact) mass is 532 g/mol. The normalized spacial score (nSPS) is 18.7. The maximum atomic E-state index is 13.5. The van der Waals surface area contributed by atoms with E-state index in [4.69, 9.17) is 25.8 Å². The molecular weight excluding hydrogens is 504 g/mol. The molecule has 0 spiro atoms. The number of benzene rings is 3. The number of phenolic OH excluding ortho intramolecular Hbond substituents is 1. The summed E-state index contributed by atoms with van der Waals surface area (Å²) >= 11 is 6.32. The van der Waals surface area contributed by atoms with Crippen LogP contribution in [0.1, 0.15) is 38.2 Å². The lowest BCUT2D eigenvalue weighted by atomic mass is 9.98. The van der Waals surface area contributed by atoms with Crippen LogP contribution in [0.25, 0.3) is 6.08 Å². The lowest BCUT2D eigenvalue weighted by Gasteiger charge is -2.35. The Bertz CT molecular complexity index is 1410. The predicted molar refractivity (Wildman–Crippen MR) is 145 cm³/mol. The highest BCUT2D eigenvalue weighted by atomic mass is 35.5. The van der Waals surface area contributed by atoms with E-state index in [1.54, 1.807) is 24.3 Å². The van der Waals surface area contributed by atoms with E-state index >= 15 is 0 Å². The molecular formula is C30H29ClN2O5. The summed E-state index contributed by atoms with van der Waals surface area (Å²) in [6, 6.07) is 15.7. The van der Waals surface area contributed by atoms with Crippen molar-refractivity contribution in [3.05, 3.63) is 92.7 Å². The van der Waals surface area contributed by atoms with Gasteiger partial charge in [0.2, 0.25) is 5.78 Å². The number of allylic oxidation sites excluding steroid dienone is 1. The van der Waals surface area contributed by atoms with Crippen molar-refractivity contribution in [2.75, 3.05) is 33.0 Å². The summed E-state index contributed by atoms with van der Waals surface area (Å²) in [5, 5.41) is 11.4. The fourth-order valence-electron chi connectivity index (χ4n) is 5.36. The van der Waals surface area contributed by atoms with E-state index in [-0.39, 0.29) is 24.1 Å². The number of hydrogen-bond donors (Lipinski definition) is 1. The number of phenols is 1. The molecule has 0 radical (unpaired) electrons. The lowest BCUT2D eigenvalue weighted by Crippen LogP contribution is -2.45. The van der Waals surface area contributed by atoms with E-state index in [0.29, 0.717) is 51.9 Å². The Morgan fingerprint density at radius 1 is 1.00 bits per heavy atom. The molecule has 0 amide bonds. The van der Waals surface area contributed by atoms with Crippen LogP contribution in [0, 0.1) is 6.92 Å². The number of nitrogens with zero attached hydrogens (tertiary/aromatic N) is 2. The Morgan fingerprint density at radius 2 is 1.74 bits per heavy atom. The molecule has 1 saturated heterocycles. The molecule has 3 aromatic carbocycles. The SMILES string of the molecule is Cc1cc(O)c(CN2CCN(Cc3ccccc3)CC2)c2c1C(=O)/C(=C/c1cc(Cl)cc3c1OCOC3)O2. The number of aromatic hydroxyl groups is 1. The van der Waals surface area contributed by atoms with Crippen LogP contribution in [0.2, 0.25) is 5.02 Å². The van der Waals surface area contributed by atoms with Crippen molar-refractivity contribution in [1.29, 1.82) is 0 Å². The molecule has 1 fully saturated rings. The number of piperazine rings is 1. The van der Waals surface area contributed by atoms with Crippen LogP contribution in [0.3, 0.4) is 0 Å². The Hall–Kier alpha value is -3.36. The van der Waals surface area contributed by atoms with Gasteiger partial charge in [-0.2, -0.15) is 0 Å². The average molecular weight is 533 g/mol. The van der Waals surface area contributed by atoms with Crippen LogP contribution >= 0.6 is 11.6 Å². The molecule has 38 heavy (non-hydrogen) atoms. The molecule has 3 aromatic rings. The van der Waals surface area contributed by atoms with Gasteiger partial charge in [-0.1, -0.05) is 41.9 Å². The smallest absolute Gasteiger partial charge is 0.232 e. The van der Waals surface area contributed by atoms with Crippen molar-refractivity contribution < 1.29 is 24.1 Å². The molecule has 8 heteroatoms. The number of hydrogen-bond acceptors (Lipinski definition) is 7. The van der Waals surface area contributed by atoms with Crippen LogP contribution in [-0.2, 0) is 24.4 Å². The van der Waals surface area contributed by atoms with Gasteiger partial charge < -0.3 is 19.3 Å². The van der Waals surface area contributed by atoms with Crippen LogP contribution in [0.5, 0.6) is 17.2 Å². The number of carbonyl (C=O) groups is 1. The Balaban J connectivity index is 1.22. The van der Waals surface area contributed by atoms with Gasteiger partial charge in [0.25, 0.3) is 0 Å². The van der Waals surface area contributed by atoms with Gasteiger partial charge in [0.15, 0.2) is 12.6 Å². The Kier molecular flexibility index (Phi) is 6.84. The molecule has 3 aliphatic heterocycles. The molecule has 6 rings (SSSR count). The summed E-state index contributed by atoms with van der Waals surface area (Å²) in [6.07, 6.45) is 1.67. The zero-order chi connectivity index (χ0) is 26.2. The van der Waals surface area contributed by atoms with Crippen LogP contribution in [-0.4, -0.2) is 53.7 Å². The van der Waals surface area contributed by atoms with Crippen molar-refractivity contribution in [2.45, 2.75) is 26.6 Å². The standard InChI is InChI=1S/C30H29ClN2O5/c1-19-11-25(34)24(16-33-9-7-32(8-10-33)15-20-5-3-2-4-6-20)30-27(19)28(35)26(38-30)14-21-12-23(31)13-22-17-36-18-37-29(21)22/h2-6,11-14,34H,7-10,15-18H2,1H3/b26-14-. The second-order valence-corrected chi connectivity index (χ2v) is 10.4. The van der Waals surface area contributed by atoms with Gasteiger partial charge in [0.05, 0.1) is 17.7 Å². The maximum absolute atomic E-state index is 13.5. The first-order chi connectivity index (χ1) is 18.5. The second kappa shape index (κ2) is 10.4. The van der Waals surface area contributed by atoms with Crippen molar-refractivity contribution >= 4 is 23.5 Å². The van der Waals surface area contributed by atoms with Crippen molar-refractivity contribution in [2.24, 2.45) is 0 Å². The van der Waals surface area contributed by atoms with Crippen molar-refractivity contribution in [1.82, 2.24) is 9.80 Å². The topological polar surface area (TPSA) is 71.5 Å². The van der Waals surface area contributed by atoms with Gasteiger partial charge in [-0.3, -0.25) is 14.6 Å². The van der Waals surface area contributed by atoms with Gasteiger partial charge in [0, 0.05) is 55.4 Å². The van der Waals surface area contributed by atoms with Crippen molar-refractivity contribution in [3.63, 3.8) is 0 Å². The molecule has 1 N–H and O–H groups in total. The number of fused-ring (bicyclic) bond motifs is 2. The van der Waals surface area contributed by atoms with Gasteiger partial charge >= 0.3 is 0 Å². The molecule has 0 saturated carbocycles. The number of ether oxygens (including phenoxy) is 3. The molecule has 0 bridgehead atoms. The van der Waals surface area contributed by atoms with E-state index in [1.807, 2.05) is 13.0 Å². The van der Waals surface area contributed by atoms with Crippen LogP contribution < -0.4 is 9.47 Å². The van der Waals surface area contributed by atoms with E-state index in [9.17, 15) is 9.90 Å². The van der Waals surface area contributed by atoms with E-state index in [1.165, 1.54) is 5.56 Å². The molecule has 0 atom stereocenters. The second-order valence-electron chi connectivity index (χ2n) is 9.97. The van der Waals surface area contributed by atoms with E-state index in [0.717, 1.165) is 38.3 Å². The minimum absolute atomic E-state index is 0.134. The number of halogens is 1. The molecule has 0 aromatic heterocycles. The third kappa shape index (κ3) is 4.90. The lowest BCUT2D eigenvalue weighted by molar-refractivity contribution is -0.0165. The zero-order valence-corrected chi connectivity index (χ0v) is 22.0. The summed E-state index contributed by atoms with van der Waals surface area (Å²) in [5.41, 5.74) is 4.59. The zero-order valence-electron chi connectivity index (χ0n) is 21.2. The fourth-order valence-corrected chi connectivity index (χ4v) is 5.61. The summed E-state index contributed by atoms with van der Waals surface area (Å²) in [5.74, 6) is 1.18. The summed E-state index contributed by atoms with van der Waals surface area (Å²) in [6.45, 7) is 7.34. The predicted octanol–water partition coefficient (Wildman–Crippen LogP) is 5.15. The molecule has 3 aliphatic rings. The largest absolute Gasteiger partial charge is 0.507 e. The number of carbonyl (C=O) groups excluding carboxylic acids is 1. The summed E-state index contributed by atoms with van der Waals surface area (Å²) in [4.78, 5) is 18.2. The maximum Gasteiger partial charge on any atom is 0.232 e. The quantitative estimate of drug-likeness (QED) is 0.455. The Morgan fingerprint density at radius 3 is 2.50 bits per heavy atom. The fraction of sp³-hybridized carbons (Fsp3) is 0.300. The van der Waals surface area contributed by atoms with Gasteiger partial charge in [0.1, 0.15) is 17.2 Å². The van der Waals surface area contributed by atoms with E-state index < -0.39 is 0 Å². The van der Waals surface area contributed by atoms with Crippen LogP contribution in [0.15, 0.2) is 54.3 Å². The highest BCUT2D eigenvalue weighted by molar-refractivity contribution is 6.31. The minimum Gasteiger partial charge on any atom is -0.507 e. The summed E-state index contributed by atoms with van der Waals surface area (Å²) in [7, 11) is 0. The Labute approximate surface area is 226 Å². The van der Waals surface area contributed by atoms with Gasteiger partial charge in [-0.15, -0.1) is 0 Å². The number of aryl methyl sites for hydroxylation is 1. The highest BCUT2D eigenvalue weighted by Crippen LogP contribution is 2.43. The minimum atomic E-state index is -0.216. The summed E-state index contributed by atoms with van der Waals surface area (Å²) < 4.78 is 17.2. The third-order valence-corrected chi connectivity index (χ3v) is 7.52. The molecule has 3 heterocycles. The molecule has 0 aliphatic carbocycles. The number of rotatable bonds is 5. The van der Waals surface area contributed by atoms with Gasteiger partial charge in [-0.25, -0.2) is 0 Å². The highest BCUT2D eigenvalue weighted by Gasteiger charge is 2.34. The number of ketones is 1. The van der Waals surface area contributed by atoms with E-state index in [2.05, 4.69) is 34.1 Å². The molecule has 7 nitrogen and oxygen atoms in total.